The van der Waals surface area contributed by atoms with Crippen LogP contribution in [0.3, 0.4) is 0 Å². The van der Waals surface area contributed by atoms with Crippen LogP contribution in [0.1, 0.15) is 13.8 Å². The van der Waals surface area contributed by atoms with Gasteiger partial charge in [0.1, 0.15) is 30.1 Å². The highest BCUT2D eigenvalue weighted by Crippen LogP contribution is 2.29. The summed E-state index contributed by atoms with van der Waals surface area (Å²) in [5.74, 6) is -0.507. The van der Waals surface area contributed by atoms with Gasteiger partial charge in [-0.2, -0.15) is 0 Å². The van der Waals surface area contributed by atoms with E-state index in [2.05, 4.69) is 10.6 Å². The number of nitrogens with one attached hydrogen (secondary N) is 2. The third kappa shape index (κ3) is 4.67. The molecule has 1 aromatic carbocycles. The van der Waals surface area contributed by atoms with Gasteiger partial charge in [0.2, 0.25) is 18.1 Å². The molecule has 1 heterocycles. The Bertz CT molecular complexity index is 624. The highest BCUT2D eigenvalue weighted by Gasteiger charge is 2.46. The van der Waals surface area contributed by atoms with Crippen LogP contribution in [-0.4, -0.2) is 64.4 Å². The Morgan fingerprint density at radius 2 is 1.84 bits per heavy atom. The summed E-state index contributed by atoms with van der Waals surface area (Å²) in [5, 5.41) is 34.6. The Morgan fingerprint density at radius 3 is 2.44 bits per heavy atom. The van der Waals surface area contributed by atoms with E-state index in [1.807, 2.05) is 0 Å². The van der Waals surface area contributed by atoms with Gasteiger partial charge in [0.05, 0.1) is 12.3 Å². The van der Waals surface area contributed by atoms with Crippen LogP contribution in [0.5, 0.6) is 5.75 Å². The number of para-hydroxylation sites is 2. The maximum atomic E-state index is 11.4. The van der Waals surface area contributed by atoms with Gasteiger partial charge in [0, 0.05) is 13.8 Å². The molecule has 1 fully saturated rings. The van der Waals surface area contributed by atoms with E-state index in [0.717, 1.165) is 0 Å². The number of amides is 2. The lowest BCUT2D eigenvalue weighted by Crippen LogP contribution is -2.65. The quantitative estimate of drug-likeness (QED) is 0.456. The number of benzene rings is 1. The summed E-state index contributed by atoms with van der Waals surface area (Å²) in [6.45, 7) is 2.05. The molecule has 1 aliphatic rings. The minimum absolute atomic E-state index is 0.248. The number of carbonyl (C=O) groups excluding carboxylic acids is 2. The van der Waals surface area contributed by atoms with Crippen LogP contribution < -0.4 is 15.4 Å². The molecule has 2 amide bonds. The molecule has 0 saturated carbocycles. The summed E-state index contributed by atoms with van der Waals surface area (Å²) in [5.41, 5.74) is 0.376. The molecule has 0 bridgehead atoms. The summed E-state index contributed by atoms with van der Waals surface area (Å²) < 4.78 is 11.2. The van der Waals surface area contributed by atoms with Crippen molar-refractivity contribution in [2.75, 3.05) is 11.9 Å². The van der Waals surface area contributed by atoms with Crippen molar-refractivity contribution < 1.29 is 34.4 Å². The normalized spacial score (nSPS) is 28.9. The molecule has 0 radical (unpaired) electrons. The molecule has 1 saturated heterocycles. The molecule has 138 valence electrons. The van der Waals surface area contributed by atoms with E-state index >= 15 is 0 Å². The monoisotopic (exact) mass is 354 g/mol. The Balaban J connectivity index is 2.27. The lowest BCUT2D eigenvalue weighted by Gasteiger charge is -2.42. The van der Waals surface area contributed by atoms with Crippen LogP contribution in [0.4, 0.5) is 5.69 Å². The number of carbonyl (C=O) groups is 2. The first-order chi connectivity index (χ1) is 11.8. The Morgan fingerprint density at radius 1 is 1.16 bits per heavy atom. The van der Waals surface area contributed by atoms with Gasteiger partial charge in [0.25, 0.3) is 0 Å². The van der Waals surface area contributed by atoms with E-state index < -0.39 is 43.2 Å². The largest absolute Gasteiger partial charge is 0.460 e. The maximum Gasteiger partial charge on any atom is 0.223 e. The highest BCUT2D eigenvalue weighted by atomic mass is 16.7. The Labute approximate surface area is 144 Å². The molecule has 9 nitrogen and oxygen atoms in total. The second-order valence-corrected chi connectivity index (χ2v) is 5.73. The average Bonchev–Trinajstić information content (AvgIpc) is 2.55. The molecular weight excluding hydrogens is 332 g/mol. The zero-order valence-corrected chi connectivity index (χ0v) is 13.9. The van der Waals surface area contributed by atoms with Crippen LogP contribution in [0.25, 0.3) is 0 Å². The molecule has 5 N–H and O–H groups in total. The van der Waals surface area contributed by atoms with Crippen LogP contribution in [0.15, 0.2) is 24.3 Å². The molecule has 0 aromatic heterocycles. The summed E-state index contributed by atoms with van der Waals surface area (Å²) >= 11 is 0. The number of hydrogen-bond acceptors (Lipinski definition) is 7. The van der Waals surface area contributed by atoms with E-state index in [1.165, 1.54) is 13.8 Å². The minimum Gasteiger partial charge on any atom is -0.460 e. The predicted octanol–water partition coefficient (Wildman–Crippen LogP) is -1.03. The first-order valence-corrected chi connectivity index (χ1v) is 7.76. The van der Waals surface area contributed by atoms with Gasteiger partial charge in [0.15, 0.2) is 0 Å². The topological polar surface area (TPSA) is 137 Å². The number of hydrogen-bond donors (Lipinski definition) is 5. The van der Waals surface area contributed by atoms with Crippen molar-refractivity contribution in [2.45, 2.75) is 44.5 Å². The third-order valence-electron chi connectivity index (χ3n) is 3.69. The zero-order chi connectivity index (χ0) is 18.6. The Hall–Kier alpha value is -2.20. The van der Waals surface area contributed by atoms with Gasteiger partial charge in [-0.15, -0.1) is 0 Å². The minimum atomic E-state index is -1.41. The summed E-state index contributed by atoms with van der Waals surface area (Å²) in [6.07, 6.45) is -5.08. The fourth-order valence-electron chi connectivity index (χ4n) is 2.56. The number of aliphatic hydroxyl groups is 3. The highest BCUT2D eigenvalue weighted by molar-refractivity contribution is 5.90. The molecule has 0 unspecified atom stereocenters. The molecule has 0 spiro atoms. The van der Waals surface area contributed by atoms with E-state index in [4.69, 9.17) is 9.47 Å². The number of aliphatic hydroxyl groups excluding tert-OH is 3. The number of anilines is 1. The molecule has 1 aromatic rings. The van der Waals surface area contributed by atoms with Crippen molar-refractivity contribution in [3.05, 3.63) is 24.3 Å². The van der Waals surface area contributed by atoms with Gasteiger partial charge in [-0.25, -0.2) is 0 Å². The van der Waals surface area contributed by atoms with Crippen LogP contribution in [0.2, 0.25) is 0 Å². The fraction of sp³-hybridized carbons (Fsp3) is 0.500. The summed E-state index contributed by atoms with van der Waals surface area (Å²) in [7, 11) is 0. The third-order valence-corrected chi connectivity index (χ3v) is 3.69. The molecule has 2 rings (SSSR count). The molecule has 9 heteroatoms. The van der Waals surface area contributed by atoms with E-state index in [9.17, 15) is 24.9 Å². The molecule has 5 atom stereocenters. The maximum absolute atomic E-state index is 11.4. The fourth-order valence-corrected chi connectivity index (χ4v) is 2.56. The smallest absolute Gasteiger partial charge is 0.223 e. The average molecular weight is 354 g/mol. The van der Waals surface area contributed by atoms with Gasteiger partial charge in [-0.3, -0.25) is 9.59 Å². The van der Waals surface area contributed by atoms with E-state index in [-0.39, 0.29) is 11.7 Å². The van der Waals surface area contributed by atoms with Crippen molar-refractivity contribution in [3.63, 3.8) is 0 Å². The van der Waals surface area contributed by atoms with Crippen molar-refractivity contribution in [1.82, 2.24) is 5.32 Å². The van der Waals surface area contributed by atoms with Crippen molar-refractivity contribution in [1.29, 1.82) is 0 Å². The van der Waals surface area contributed by atoms with Crippen molar-refractivity contribution >= 4 is 17.5 Å². The predicted molar refractivity (Wildman–Crippen MR) is 86.7 cm³/mol. The lowest BCUT2D eigenvalue weighted by atomic mass is 9.97. The van der Waals surface area contributed by atoms with Gasteiger partial charge < -0.3 is 35.4 Å². The lowest BCUT2D eigenvalue weighted by molar-refractivity contribution is -0.244. The second kappa shape index (κ2) is 8.26. The molecule has 25 heavy (non-hydrogen) atoms. The van der Waals surface area contributed by atoms with Crippen molar-refractivity contribution in [3.8, 4) is 5.75 Å². The molecular formula is C16H22N2O7. The SMILES string of the molecule is CC(=O)Nc1ccccc1O[C@@H]1O[C@@H](CO)[C@@H](O)[C@@H](O)[C@@H]1NC(C)=O. The van der Waals surface area contributed by atoms with Gasteiger partial charge in [-0.1, -0.05) is 12.1 Å². The van der Waals surface area contributed by atoms with E-state index in [0.29, 0.717) is 5.69 Å². The molecule has 0 aliphatic carbocycles. The second-order valence-electron chi connectivity index (χ2n) is 5.73. The Kier molecular flexibility index (Phi) is 6.32. The first kappa shape index (κ1) is 19.1. The number of ether oxygens (including phenoxy) is 2. The van der Waals surface area contributed by atoms with E-state index in [1.54, 1.807) is 24.3 Å². The van der Waals surface area contributed by atoms with Gasteiger partial charge >= 0.3 is 0 Å². The van der Waals surface area contributed by atoms with Crippen LogP contribution in [0, 0.1) is 0 Å². The van der Waals surface area contributed by atoms with Crippen molar-refractivity contribution in [2.24, 2.45) is 0 Å². The van der Waals surface area contributed by atoms with Crippen LogP contribution >= 0.6 is 0 Å². The van der Waals surface area contributed by atoms with Gasteiger partial charge in [-0.05, 0) is 12.1 Å². The molecule has 1 aliphatic heterocycles. The standard InChI is InChI=1S/C16H22N2O7/c1-8(20)17-10-5-3-4-6-11(10)24-16-13(18-9(2)21)15(23)14(22)12(7-19)25-16/h3-6,12-16,19,22-23H,7H2,1-2H3,(H,17,20)(H,18,21)/t12-,13-,14+,15-,16+/m0/s1. The first-order valence-electron chi connectivity index (χ1n) is 7.76. The summed E-state index contributed by atoms with van der Waals surface area (Å²) in [6, 6.07) is 5.49. The number of rotatable bonds is 5. The van der Waals surface area contributed by atoms with Crippen LogP contribution in [-0.2, 0) is 14.3 Å². The summed E-state index contributed by atoms with van der Waals surface area (Å²) in [4.78, 5) is 22.7. The zero-order valence-electron chi connectivity index (χ0n) is 13.9.